The molecule has 2 rings (SSSR count). The number of nitrogens with one attached hydrogen (secondary N) is 1. The third-order valence-corrected chi connectivity index (χ3v) is 2.68. The van der Waals surface area contributed by atoms with Crippen molar-refractivity contribution in [2.45, 2.75) is 6.92 Å². The van der Waals surface area contributed by atoms with Crippen LogP contribution in [0.25, 0.3) is 11.1 Å². The SMILES string of the molecule is CCOC(=O)c1[nH]ccc1-c1ccc(Cl)cc1F. The molecule has 0 atom stereocenters. The number of halogens is 2. The zero-order valence-corrected chi connectivity index (χ0v) is 10.4. The topological polar surface area (TPSA) is 42.1 Å². The molecular weight excluding hydrogens is 257 g/mol. The molecule has 18 heavy (non-hydrogen) atoms. The Bertz CT molecular complexity index is 580. The van der Waals surface area contributed by atoms with E-state index in [0.29, 0.717) is 16.1 Å². The van der Waals surface area contributed by atoms with Crippen molar-refractivity contribution in [3.05, 3.63) is 47.0 Å². The molecule has 0 saturated heterocycles. The van der Waals surface area contributed by atoms with Gasteiger partial charge in [0, 0.05) is 22.3 Å². The van der Waals surface area contributed by atoms with E-state index in [2.05, 4.69) is 4.98 Å². The second kappa shape index (κ2) is 5.23. The van der Waals surface area contributed by atoms with Crippen LogP contribution in [0.5, 0.6) is 0 Å². The minimum Gasteiger partial charge on any atom is -0.461 e. The third-order valence-electron chi connectivity index (χ3n) is 2.45. The van der Waals surface area contributed by atoms with Crippen molar-refractivity contribution in [3.63, 3.8) is 0 Å². The second-order valence-electron chi connectivity index (χ2n) is 3.61. The molecule has 1 N–H and O–H groups in total. The molecule has 0 amide bonds. The maximum absolute atomic E-state index is 13.8. The summed E-state index contributed by atoms with van der Waals surface area (Å²) in [6.07, 6.45) is 1.57. The van der Waals surface area contributed by atoms with Crippen LogP contribution < -0.4 is 0 Å². The van der Waals surface area contributed by atoms with Gasteiger partial charge < -0.3 is 9.72 Å². The Hall–Kier alpha value is -1.81. The first kappa shape index (κ1) is 12.6. The Kier molecular flexibility index (Phi) is 3.67. The quantitative estimate of drug-likeness (QED) is 0.863. The lowest BCUT2D eigenvalue weighted by atomic mass is 10.1. The van der Waals surface area contributed by atoms with Crippen molar-refractivity contribution < 1.29 is 13.9 Å². The Morgan fingerprint density at radius 3 is 2.83 bits per heavy atom. The fourth-order valence-corrected chi connectivity index (χ4v) is 1.83. The zero-order chi connectivity index (χ0) is 13.1. The predicted molar refractivity (Wildman–Crippen MR) is 67.2 cm³/mol. The Balaban J connectivity index is 2.45. The van der Waals surface area contributed by atoms with Gasteiger partial charge in [0.25, 0.3) is 0 Å². The van der Waals surface area contributed by atoms with Crippen molar-refractivity contribution in [1.82, 2.24) is 4.98 Å². The van der Waals surface area contributed by atoms with Crippen LogP contribution in [0.3, 0.4) is 0 Å². The predicted octanol–water partition coefficient (Wildman–Crippen LogP) is 3.65. The van der Waals surface area contributed by atoms with Gasteiger partial charge in [-0.1, -0.05) is 11.6 Å². The summed E-state index contributed by atoms with van der Waals surface area (Å²) in [5.74, 6) is -0.987. The first-order valence-electron chi connectivity index (χ1n) is 5.43. The van der Waals surface area contributed by atoms with Crippen LogP contribution >= 0.6 is 11.6 Å². The summed E-state index contributed by atoms with van der Waals surface area (Å²) in [4.78, 5) is 14.4. The molecule has 1 aromatic carbocycles. The van der Waals surface area contributed by atoms with E-state index in [1.807, 2.05) is 0 Å². The molecule has 5 heteroatoms. The van der Waals surface area contributed by atoms with E-state index in [-0.39, 0.29) is 12.3 Å². The van der Waals surface area contributed by atoms with E-state index in [1.165, 1.54) is 12.1 Å². The normalized spacial score (nSPS) is 10.4. The lowest BCUT2D eigenvalue weighted by Crippen LogP contribution is -2.06. The zero-order valence-electron chi connectivity index (χ0n) is 9.67. The summed E-state index contributed by atoms with van der Waals surface area (Å²) >= 11 is 5.69. The van der Waals surface area contributed by atoms with Crippen LogP contribution in [0.2, 0.25) is 5.02 Å². The Labute approximate surface area is 109 Å². The van der Waals surface area contributed by atoms with Gasteiger partial charge in [-0.3, -0.25) is 0 Å². The number of aromatic amines is 1. The number of carbonyl (C=O) groups is 1. The molecule has 0 aliphatic rings. The van der Waals surface area contributed by atoms with Crippen LogP contribution in [-0.2, 0) is 4.74 Å². The van der Waals surface area contributed by atoms with Gasteiger partial charge in [-0.15, -0.1) is 0 Å². The smallest absolute Gasteiger partial charge is 0.355 e. The molecular formula is C13H11ClFNO2. The molecule has 0 aliphatic carbocycles. The molecule has 0 bridgehead atoms. The van der Waals surface area contributed by atoms with E-state index < -0.39 is 11.8 Å². The molecule has 2 aromatic rings. The minimum absolute atomic E-state index is 0.234. The Morgan fingerprint density at radius 1 is 1.39 bits per heavy atom. The highest BCUT2D eigenvalue weighted by atomic mass is 35.5. The maximum Gasteiger partial charge on any atom is 0.355 e. The number of benzene rings is 1. The highest BCUT2D eigenvalue weighted by molar-refractivity contribution is 6.30. The van der Waals surface area contributed by atoms with Gasteiger partial charge in [-0.05, 0) is 31.2 Å². The van der Waals surface area contributed by atoms with Crippen LogP contribution in [0, 0.1) is 5.82 Å². The monoisotopic (exact) mass is 267 g/mol. The van der Waals surface area contributed by atoms with Crippen LogP contribution in [-0.4, -0.2) is 17.6 Å². The number of rotatable bonds is 3. The summed E-state index contributed by atoms with van der Waals surface area (Å²) in [5.41, 5.74) is 1.00. The number of aromatic nitrogens is 1. The first-order chi connectivity index (χ1) is 8.63. The lowest BCUT2D eigenvalue weighted by molar-refractivity contribution is 0.0521. The number of ether oxygens (including phenoxy) is 1. The van der Waals surface area contributed by atoms with Gasteiger partial charge in [-0.25, -0.2) is 9.18 Å². The fraction of sp³-hybridized carbons (Fsp3) is 0.154. The number of hydrogen-bond donors (Lipinski definition) is 1. The van der Waals surface area contributed by atoms with Crippen LogP contribution in [0.1, 0.15) is 17.4 Å². The molecule has 0 fully saturated rings. The fourth-order valence-electron chi connectivity index (χ4n) is 1.67. The third kappa shape index (κ3) is 2.38. The molecule has 0 spiro atoms. The Morgan fingerprint density at radius 2 is 2.17 bits per heavy atom. The van der Waals surface area contributed by atoms with Crippen molar-refractivity contribution in [2.75, 3.05) is 6.61 Å². The van der Waals surface area contributed by atoms with Gasteiger partial charge >= 0.3 is 5.97 Å². The molecule has 0 saturated carbocycles. The standard InChI is InChI=1S/C13H11ClFNO2/c1-2-18-13(17)12-10(5-6-16-12)9-4-3-8(14)7-11(9)15/h3-7,16H,2H2,1H3. The van der Waals surface area contributed by atoms with E-state index in [4.69, 9.17) is 16.3 Å². The van der Waals surface area contributed by atoms with Gasteiger partial charge in [-0.2, -0.15) is 0 Å². The molecule has 1 aromatic heterocycles. The highest BCUT2D eigenvalue weighted by Crippen LogP contribution is 2.28. The molecule has 94 valence electrons. The van der Waals surface area contributed by atoms with E-state index >= 15 is 0 Å². The van der Waals surface area contributed by atoms with E-state index in [1.54, 1.807) is 25.3 Å². The maximum atomic E-state index is 13.8. The average molecular weight is 268 g/mol. The molecule has 0 aliphatic heterocycles. The summed E-state index contributed by atoms with van der Waals surface area (Å²) in [7, 11) is 0. The number of hydrogen-bond acceptors (Lipinski definition) is 2. The number of esters is 1. The summed E-state index contributed by atoms with van der Waals surface area (Å²) in [6, 6.07) is 5.93. The van der Waals surface area contributed by atoms with Crippen LogP contribution in [0.4, 0.5) is 4.39 Å². The van der Waals surface area contributed by atoms with Crippen molar-refractivity contribution >= 4 is 17.6 Å². The average Bonchev–Trinajstić information content (AvgIpc) is 2.78. The number of H-pyrrole nitrogens is 1. The summed E-state index contributed by atoms with van der Waals surface area (Å²) in [6.45, 7) is 1.98. The van der Waals surface area contributed by atoms with Gasteiger partial charge in [0.2, 0.25) is 0 Å². The molecule has 0 unspecified atom stereocenters. The van der Waals surface area contributed by atoms with E-state index in [0.717, 1.165) is 0 Å². The van der Waals surface area contributed by atoms with E-state index in [9.17, 15) is 9.18 Å². The van der Waals surface area contributed by atoms with Gasteiger partial charge in [0.15, 0.2) is 0 Å². The highest BCUT2D eigenvalue weighted by Gasteiger charge is 2.17. The van der Waals surface area contributed by atoms with Crippen molar-refractivity contribution in [1.29, 1.82) is 0 Å². The van der Waals surface area contributed by atoms with Gasteiger partial charge in [0.05, 0.1) is 6.61 Å². The van der Waals surface area contributed by atoms with Gasteiger partial charge in [0.1, 0.15) is 11.5 Å². The molecule has 1 heterocycles. The summed E-state index contributed by atoms with van der Waals surface area (Å²) < 4.78 is 18.7. The minimum atomic E-state index is -0.508. The second-order valence-corrected chi connectivity index (χ2v) is 4.05. The number of carbonyl (C=O) groups excluding carboxylic acids is 1. The van der Waals surface area contributed by atoms with Crippen molar-refractivity contribution in [2.24, 2.45) is 0 Å². The first-order valence-corrected chi connectivity index (χ1v) is 5.81. The molecule has 0 radical (unpaired) electrons. The van der Waals surface area contributed by atoms with Crippen molar-refractivity contribution in [3.8, 4) is 11.1 Å². The lowest BCUT2D eigenvalue weighted by Gasteiger charge is -2.05. The molecule has 3 nitrogen and oxygen atoms in total. The van der Waals surface area contributed by atoms with Crippen LogP contribution in [0.15, 0.2) is 30.5 Å². The largest absolute Gasteiger partial charge is 0.461 e. The summed E-state index contributed by atoms with van der Waals surface area (Å²) in [5, 5.41) is 0.310.